The van der Waals surface area contributed by atoms with Crippen molar-refractivity contribution in [2.24, 2.45) is 0 Å². The molecule has 96 valence electrons. The Bertz CT molecular complexity index is 544. The molecule has 0 amide bonds. The minimum atomic E-state index is -0.895. The van der Waals surface area contributed by atoms with Gasteiger partial charge in [0, 0.05) is 16.4 Å². The molecule has 0 saturated carbocycles. The third kappa shape index (κ3) is 2.51. The van der Waals surface area contributed by atoms with E-state index in [0.29, 0.717) is 23.0 Å². The molecular formula is C14H16BrNO2. The van der Waals surface area contributed by atoms with E-state index in [-0.39, 0.29) is 0 Å². The van der Waals surface area contributed by atoms with Crippen LogP contribution in [0.25, 0.3) is 10.8 Å². The van der Waals surface area contributed by atoms with E-state index in [1.165, 1.54) is 0 Å². The third-order valence-corrected chi connectivity index (χ3v) is 3.54. The minimum Gasteiger partial charge on any atom is -0.398 e. The summed E-state index contributed by atoms with van der Waals surface area (Å²) >= 11 is 3.26. The Hall–Kier alpha value is -1.10. The molecule has 18 heavy (non-hydrogen) atoms. The first-order valence-corrected chi connectivity index (χ1v) is 6.96. The van der Waals surface area contributed by atoms with Gasteiger partial charge < -0.3 is 15.9 Å². The molecule has 4 N–H and O–H groups in total. The predicted molar refractivity (Wildman–Crippen MR) is 77.7 cm³/mol. The Balaban J connectivity index is 2.48. The molecule has 2 rings (SSSR count). The molecule has 0 aliphatic carbocycles. The van der Waals surface area contributed by atoms with Crippen LogP contribution in [0, 0.1) is 0 Å². The van der Waals surface area contributed by atoms with Crippen LogP contribution in [-0.4, -0.2) is 21.6 Å². The van der Waals surface area contributed by atoms with Crippen molar-refractivity contribution in [3.05, 3.63) is 42.0 Å². The number of alkyl halides is 1. The van der Waals surface area contributed by atoms with E-state index in [9.17, 15) is 10.2 Å². The Morgan fingerprint density at radius 3 is 2.44 bits per heavy atom. The highest BCUT2D eigenvalue weighted by Gasteiger charge is 2.19. The number of aliphatic hydroxyl groups is 2. The van der Waals surface area contributed by atoms with E-state index in [1.807, 2.05) is 36.4 Å². The van der Waals surface area contributed by atoms with E-state index < -0.39 is 12.2 Å². The average Bonchev–Trinajstić information content (AvgIpc) is 2.38. The zero-order valence-electron chi connectivity index (χ0n) is 9.88. The normalized spacial score (nSPS) is 14.6. The Labute approximate surface area is 114 Å². The zero-order valence-corrected chi connectivity index (χ0v) is 11.5. The minimum absolute atomic E-state index is 0.500. The molecule has 0 bridgehead atoms. The van der Waals surface area contributed by atoms with Gasteiger partial charge in [-0.25, -0.2) is 0 Å². The third-order valence-electron chi connectivity index (χ3n) is 3.08. The summed E-state index contributed by atoms with van der Waals surface area (Å²) in [6, 6.07) is 11.2. The van der Waals surface area contributed by atoms with Gasteiger partial charge in [0.25, 0.3) is 0 Å². The van der Waals surface area contributed by atoms with Crippen LogP contribution in [0.5, 0.6) is 0 Å². The number of benzene rings is 2. The molecule has 2 unspecified atom stereocenters. The van der Waals surface area contributed by atoms with Crippen molar-refractivity contribution in [1.82, 2.24) is 0 Å². The van der Waals surface area contributed by atoms with Gasteiger partial charge in [-0.2, -0.15) is 0 Å². The second-order valence-electron chi connectivity index (χ2n) is 4.28. The number of fused-ring (bicyclic) bond motifs is 1. The molecule has 2 atom stereocenters. The van der Waals surface area contributed by atoms with Gasteiger partial charge in [0.05, 0.1) is 6.10 Å². The maximum absolute atomic E-state index is 10.2. The second kappa shape index (κ2) is 5.69. The maximum atomic E-state index is 10.2. The van der Waals surface area contributed by atoms with Crippen LogP contribution in [0.1, 0.15) is 18.1 Å². The summed E-state index contributed by atoms with van der Waals surface area (Å²) in [4.78, 5) is 0. The first kappa shape index (κ1) is 13.3. The highest BCUT2D eigenvalue weighted by atomic mass is 79.9. The van der Waals surface area contributed by atoms with Gasteiger partial charge in [-0.15, -0.1) is 0 Å². The molecular weight excluding hydrogens is 294 g/mol. The second-order valence-corrected chi connectivity index (χ2v) is 5.07. The number of nitrogens with two attached hydrogens (primary N) is 1. The summed E-state index contributed by atoms with van der Waals surface area (Å²) in [5.41, 5.74) is 7.30. The van der Waals surface area contributed by atoms with Gasteiger partial charge in [0.1, 0.15) is 6.10 Å². The van der Waals surface area contributed by atoms with Crippen molar-refractivity contribution < 1.29 is 10.2 Å². The fraction of sp³-hybridized carbons (Fsp3) is 0.286. The average molecular weight is 310 g/mol. The lowest BCUT2D eigenvalue weighted by Gasteiger charge is -2.19. The molecule has 0 fully saturated rings. The van der Waals surface area contributed by atoms with Crippen molar-refractivity contribution in [1.29, 1.82) is 0 Å². The van der Waals surface area contributed by atoms with Crippen LogP contribution in [0.3, 0.4) is 0 Å². The largest absolute Gasteiger partial charge is 0.398 e. The van der Waals surface area contributed by atoms with Crippen molar-refractivity contribution in [2.75, 3.05) is 11.1 Å². The first-order valence-electron chi connectivity index (χ1n) is 5.84. The zero-order chi connectivity index (χ0) is 13.1. The number of anilines is 1. The lowest BCUT2D eigenvalue weighted by atomic mass is 9.96. The number of aliphatic hydroxyl groups excluding tert-OH is 2. The van der Waals surface area contributed by atoms with Crippen LogP contribution in [0.15, 0.2) is 36.4 Å². The van der Waals surface area contributed by atoms with E-state index >= 15 is 0 Å². The van der Waals surface area contributed by atoms with Gasteiger partial charge in [0.15, 0.2) is 0 Å². The maximum Gasteiger partial charge on any atom is 0.105 e. The molecule has 0 radical (unpaired) electrons. The highest BCUT2D eigenvalue weighted by Crippen LogP contribution is 2.30. The van der Waals surface area contributed by atoms with Crippen LogP contribution in [0.4, 0.5) is 5.69 Å². The fourth-order valence-electron chi connectivity index (χ4n) is 2.09. The van der Waals surface area contributed by atoms with Gasteiger partial charge >= 0.3 is 0 Å². The van der Waals surface area contributed by atoms with Gasteiger partial charge in [-0.3, -0.25) is 0 Å². The van der Waals surface area contributed by atoms with E-state index in [2.05, 4.69) is 15.9 Å². The van der Waals surface area contributed by atoms with Crippen molar-refractivity contribution in [2.45, 2.75) is 18.6 Å². The SMILES string of the molecule is Nc1cccc2c(C(O)C(O)CCBr)cccc12. The van der Waals surface area contributed by atoms with Crippen molar-refractivity contribution >= 4 is 32.4 Å². The summed E-state index contributed by atoms with van der Waals surface area (Å²) < 4.78 is 0. The quantitative estimate of drug-likeness (QED) is 0.601. The Morgan fingerprint density at radius 2 is 1.72 bits per heavy atom. The summed E-state index contributed by atoms with van der Waals surface area (Å²) in [5, 5.41) is 22.5. The lowest BCUT2D eigenvalue weighted by molar-refractivity contribution is 0.0182. The van der Waals surface area contributed by atoms with Crippen LogP contribution >= 0.6 is 15.9 Å². The first-order chi connectivity index (χ1) is 8.65. The van der Waals surface area contributed by atoms with Crippen LogP contribution < -0.4 is 5.73 Å². The lowest BCUT2D eigenvalue weighted by Crippen LogP contribution is -2.18. The van der Waals surface area contributed by atoms with E-state index in [0.717, 1.165) is 10.8 Å². The smallest absolute Gasteiger partial charge is 0.105 e. The van der Waals surface area contributed by atoms with Crippen molar-refractivity contribution in [3.8, 4) is 0 Å². The number of hydrogen-bond donors (Lipinski definition) is 3. The highest BCUT2D eigenvalue weighted by molar-refractivity contribution is 9.09. The number of nitrogen functional groups attached to an aromatic ring is 1. The number of rotatable bonds is 4. The molecule has 0 saturated heterocycles. The Kier molecular flexibility index (Phi) is 4.22. The summed E-state index contributed by atoms with van der Waals surface area (Å²) in [5.74, 6) is 0. The molecule has 4 heteroatoms. The topological polar surface area (TPSA) is 66.5 Å². The molecule has 0 aromatic heterocycles. The fourth-order valence-corrected chi connectivity index (χ4v) is 2.56. The van der Waals surface area contributed by atoms with Gasteiger partial charge in [-0.1, -0.05) is 46.3 Å². The molecule has 0 aliphatic rings. The van der Waals surface area contributed by atoms with Gasteiger partial charge in [0.2, 0.25) is 0 Å². The monoisotopic (exact) mass is 309 g/mol. The van der Waals surface area contributed by atoms with Crippen LogP contribution in [-0.2, 0) is 0 Å². The van der Waals surface area contributed by atoms with Gasteiger partial charge in [-0.05, 0) is 23.4 Å². The number of hydrogen-bond acceptors (Lipinski definition) is 3. The Morgan fingerprint density at radius 1 is 1.06 bits per heavy atom. The molecule has 0 aliphatic heterocycles. The van der Waals surface area contributed by atoms with E-state index in [4.69, 9.17) is 5.73 Å². The number of halogens is 1. The summed E-state index contributed by atoms with van der Waals surface area (Å²) in [6.45, 7) is 0. The molecule has 3 nitrogen and oxygen atoms in total. The molecule has 2 aromatic rings. The van der Waals surface area contributed by atoms with Crippen molar-refractivity contribution in [3.63, 3.8) is 0 Å². The summed E-state index contributed by atoms with van der Waals surface area (Å²) in [6.07, 6.45) is -1.18. The van der Waals surface area contributed by atoms with Crippen LogP contribution in [0.2, 0.25) is 0 Å². The molecule has 0 spiro atoms. The molecule has 0 heterocycles. The standard InChI is InChI=1S/C14H16BrNO2/c15-8-7-13(17)14(18)11-5-1-4-10-9(11)3-2-6-12(10)16/h1-6,13-14,17-18H,7-8,16H2. The predicted octanol–water partition coefficient (Wildman–Crippen LogP) is 2.60. The summed E-state index contributed by atoms with van der Waals surface area (Å²) in [7, 11) is 0. The van der Waals surface area contributed by atoms with E-state index in [1.54, 1.807) is 0 Å². The molecule has 2 aromatic carbocycles.